The maximum atomic E-state index is 12.9. The molecule has 6 nitrogen and oxygen atoms in total. The summed E-state index contributed by atoms with van der Waals surface area (Å²) in [6.45, 7) is 5.29. The quantitative estimate of drug-likeness (QED) is 0.733. The number of carbonyl (C=O) groups excluding carboxylic acids is 1. The van der Waals surface area contributed by atoms with E-state index >= 15 is 0 Å². The lowest BCUT2D eigenvalue weighted by atomic mass is 9.93. The molecule has 0 fully saturated rings. The van der Waals surface area contributed by atoms with Gasteiger partial charge >= 0.3 is 0 Å². The summed E-state index contributed by atoms with van der Waals surface area (Å²) in [4.78, 5) is 29.4. The van der Waals surface area contributed by atoms with E-state index in [0.29, 0.717) is 15.8 Å². The van der Waals surface area contributed by atoms with Gasteiger partial charge in [0.1, 0.15) is 17.5 Å². The number of amides is 1. The maximum absolute atomic E-state index is 12.9. The van der Waals surface area contributed by atoms with E-state index in [-0.39, 0.29) is 22.2 Å². The number of furan rings is 1. The van der Waals surface area contributed by atoms with E-state index in [0.717, 1.165) is 5.56 Å². The molecule has 1 amide bonds. The highest BCUT2D eigenvalue weighted by atomic mass is 35.5. The molecular formula is C18H17Cl2N3O3. The molecule has 26 heavy (non-hydrogen) atoms. The van der Waals surface area contributed by atoms with Gasteiger partial charge in [0.2, 0.25) is 5.71 Å². The van der Waals surface area contributed by atoms with E-state index in [1.54, 1.807) is 32.2 Å². The lowest BCUT2D eigenvalue weighted by molar-refractivity contribution is 0.0912. The summed E-state index contributed by atoms with van der Waals surface area (Å²) in [5.74, 6) is -0.0966. The molecule has 3 rings (SSSR count). The molecule has 0 saturated heterocycles. The Morgan fingerprint density at radius 3 is 2.62 bits per heavy atom. The summed E-state index contributed by atoms with van der Waals surface area (Å²) < 4.78 is 6.79. The minimum Gasteiger partial charge on any atom is -0.442 e. The first-order valence-corrected chi connectivity index (χ1v) is 8.60. The summed E-state index contributed by atoms with van der Waals surface area (Å²) in [5, 5.41) is 3.92. The van der Waals surface area contributed by atoms with Crippen LogP contribution in [0.3, 0.4) is 0 Å². The van der Waals surface area contributed by atoms with E-state index in [1.807, 2.05) is 13.8 Å². The number of carbonyl (C=O) groups is 1. The van der Waals surface area contributed by atoms with Gasteiger partial charge in [0.25, 0.3) is 11.5 Å². The third kappa shape index (κ3) is 3.10. The SMILES string of the molecule is Cc1oc2ncn(C)c(=O)c2c1C(=O)NC(C)(C)c1ccc(Cl)c(Cl)c1. The lowest BCUT2D eigenvalue weighted by Crippen LogP contribution is -2.41. The van der Waals surface area contributed by atoms with Crippen LogP contribution in [0.4, 0.5) is 0 Å². The van der Waals surface area contributed by atoms with Gasteiger partial charge in [0.15, 0.2) is 0 Å². The number of nitrogens with one attached hydrogen (secondary N) is 1. The van der Waals surface area contributed by atoms with Crippen LogP contribution in [0.5, 0.6) is 0 Å². The molecule has 2 heterocycles. The molecule has 0 atom stereocenters. The highest BCUT2D eigenvalue weighted by Crippen LogP contribution is 2.29. The van der Waals surface area contributed by atoms with Gasteiger partial charge in [-0.3, -0.25) is 9.59 Å². The predicted molar refractivity (Wildman–Crippen MR) is 101 cm³/mol. The van der Waals surface area contributed by atoms with E-state index in [2.05, 4.69) is 10.3 Å². The molecule has 8 heteroatoms. The van der Waals surface area contributed by atoms with E-state index in [1.165, 1.54) is 10.9 Å². The molecule has 2 aromatic heterocycles. The van der Waals surface area contributed by atoms with E-state index in [9.17, 15) is 9.59 Å². The average molecular weight is 394 g/mol. The molecule has 0 aliphatic carbocycles. The van der Waals surface area contributed by atoms with Crippen molar-refractivity contribution in [2.75, 3.05) is 0 Å². The van der Waals surface area contributed by atoms with Crippen molar-refractivity contribution in [3.63, 3.8) is 0 Å². The van der Waals surface area contributed by atoms with Crippen molar-refractivity contribution >= 4 is 40.2 Å². The third-order valence-corrected chi connectivity index (χ3v) is 4.98. The number of fused-ring (bicyclic) bond motifs is 1. The van der Waals surface area contributed by atoms with Crippen molar-refractivity contribution in [1.29, 1.82) is 0 Å². The smallest absolute Gasteiger partial charge is 0.265 e. The summed E-state index contributed by atoms with van der Waals surface area (Å²) in [5.41, 5.74) is 0.000390. The molecule has 0 saturated carbocycles. The minimum atomic E-state index is -0.755. The van der Waals surface area contributed by atoms with E-state index < -0.39 is 11.4 Å². The molecule has 3 aromatic rings. The zero-order valence-corrected chi connectivity index (χ0v) is 16.2. The minimum absolute atomic E-state index is 0.142. The first-order chi connectivity index (χ1) is 12.1. The molecule has 0 spiro atoms. The van der Waals surface area contributed by atoms with Gasteiger partial charge < -0.3 is 14.3 Å². The first kappa shape index (κ1) is 18.5. The third-order valence-electron chi connectivity index (χ3n) is 4.24. The van der Waals surface area contributed by atoms with Crippen LogP contribution < -0.4 is 10.9 Å². The maximum Gasteiger partial charge on any atom is 0.265 e. The monoisotopic (exact) mass is 393 g/mol. The van der Waals surface area contributed by atoms with Crippen molar-refractivity contribution in [2.45, 2.75) is 26.3 Å². The lowest BCUT2D eigenvalue weighted by Gasteiger charge is -2.27. The second kappa shape index (κ2) is 6.45. The van der Waals surface area contributed by atoms with Gasteiger partial charge in [-0.1, -0.05) is 29.3 Å². The Hall–Kier alpha value is -2.31. The molecule has 0 aliphatic heterocycles. The Kier molecular flexibility index (Phi) is 4.58. The number of halogens is 2. The Morgan fingerprint density at radius 1 is 1.27 bits per heavy atom. The van der Waals surface area contributed by atoms with Crippen LogP contribution >= 0.6 is 23.2 Å². The molecule has 0 unspecified atom stereocenters. The summed E-state index contributed by atoms with van der Waals surface area (Å²) in [6.07, 6.45) is 1.36. The molecule has 0 aliphatic rings. The van der Waals surface area contributed by atoms with Crippen LogP contribution in [-0.2, 0) is 12.6 Å². The fourth-order valence-electron chi connectivity index (χ4n) is 2.76. The number of aromatic nitrogens is 2. The number of benzene rings is 1. The van der Waals surface area contributed by atoms with Gasteiger partial charge in [-0.15, -0.1) is 0 Å². The Balaban J connectivity index is 2.03. The van der Waals surface area contributed by atoms with Gasteiger partial charge in [0.05, 0.1) is 21.1 Å². The summed E-state index contributed by atoms with van der Waals surface area (Å²) >= 11 is 12.0. The van der Waals surface area contributed by atoms with E-state index in [4.69, 9.17) is 27.6 Å². The zero-order chi connectivity index (χ0) is 19.2. The standard InChI is InChI=1S/C18H17Cl2N3O3/c1-9-13(14-16(26-9)21-8-23(4)17(14)25)15(24)22-18(2,3)10-5-6-11(19)12(20)7-10/h5-8H,1-4H3,(H,22,24). The largest absolute Gasteiger partial charge is 0.442 e. The van der Waals surface area contributed by atoms with Crippen LogP contribution in [0.1, 0.15) is 35.5 Å². The Morgan fingerprint density at radius 2 is 1.96 bits per heavy atom. The highest BCUT2D eigenvalue weighted by Gasteiger charge is 2.29. The molecule has 1 N–H and O–H groups in total. The van der Waals surface area contributed by atoms with Gasteiger partial charge in [-0.05, 0) is 38.5 Å². The van der Waals surface area contributed by atoms with Gasteiger partial charge in [-0.25, -0.2) is 4.98 Å². The van der Waals surface area contributed by atoms with Crippen molar-refractivity contribution in [3.05, 3.63) is 61.8 Å². The zero-order valence-electron chi connectivity index (χ0n) is 14.7. The van der Waals surface area contributed by atoms with Crippen molar-refractivity contribution < 1.29 is 9.21 Å². The summed E-state index contributed by atoms with van der Waals surface area (Å²) in [7, 11) is 1.57. The van der Waals surface area contributed by atoms with Crippen LogP contribution in [0, 0.1) is 6.92 Å². The Bertz CT molecular complexity index is 1080. The summed E-state index contributed by atoms with van der Waals surface area (Å²) in [6, 6.07) is 5.16. The number of aryl methyl sites for hydroxylation is 2. The number of nitrogens with zero attached hydrogens (tertiary/aromatic N) is 2. The normalized spacial score (nSPS) is 11.8. The highest BCUT2D eigenvalue weighted by molar-refractivity contribution is 6.42. The van der Waals surface area contributed by atoms with Crippen molar-refractivity contribution in [3.8, 4) is 0 Å². The van der Waals surface area contributed by atoms with Crippen LogP contribution in [0.2, 0.25) is 10.0 Å². The number of hydrogen-bond acceptors (Lipinski definition) is 4. The fraction of sp³-hybridized carbons (Fsp3) is 0.278. The topological polar surface area (TPSA) is 77.1 Å². The number of rotatable bonds is 3. The van der Waals surface area contributed by atoms with Crippen molar-refractivity contribution in [1.82, 2.24) is 14.9 Å². The predicted octanol–water partition coefficient (Wildman–Crippen LogP) is 3.81. The van der Waals surface area contributed by atoms with Crippen molar-refractivity contribution in [2.24, 2.45) is 7.05 Å². The second-order valence-corrected chi connectivity index (χ2v) is 7.40. The fourth-order valence-corrected chi connectivity index (χ4v) is 3.06. The Labute approximate surface area is 159 Å². The first-order valence-electron chi connectivity index (χ1n) is 7.84. The molecule has 1 aromatic carbocycles. The van der Waals surface area contributed by atoms with Crippen LogP contribution in [0.15, 0.2) is 33.7 Å². The second-order valence-electron chi connectivity index (χ2n) is 6.58. The molecular weight excluding hydrogens is 377 g/mol. The molecule has 136 valence electrons. The number of hydrogen-bond donors (Lipinski definition) is 1. The molecule has 0 radical (unpaired) electrons. The van der Waals surface area contributed by atoms with Crippen LogP contribution in [0.25, 0.3) is 11.1 Å². The van der Waals surface area contributed by atoms with Crippen LogP contribution in [-0.4, -0.2) is 15.5 Å². The van der Waals surface area contributed by atoms with Gasteiger partial charge in [-0.2, -0.15) is 0 Å². The average Bonchev–Trinajstić information content (AvgIpc) is 2.90. The molecule has 0 bridgehead atoms. The van der Waals surface area contributed by atoms with Gasteiger partial charge in [0, 0.05) is 7.05 Å².